The monoisotopic (exact) mass is 258 g/mol. The summed E-state index contributed by atoms with van der Waals surface area (Å²) in [6.45, 7) is 4.02. The number of hydrogen-bond donors (Lipinski definition) is 2. The minimum atomic E-state index is 0.459. The molecular weight excluding hydrogens is 240 g/mol. The maximum Gasteiger partial charge on any atom is 0.142 e. The second-order valence-corrected chi connectivity index (χ2v) is 4.28. The van der Waals surface area contributed by atoms with Gasteiger partial charge in [0.25, 0.3) is 0 Å². The average Bonchev–Trinajstić information content (AvgIpc) is 2.38. The maximum absolute atomic E-state index is 5.77. The Morgan fingerprint density at radius 1 is 1.26 bits per heavy atom. The van der Waals surface area contributed by atoms with E-state index in [0.29, 0.717) is 17.5 Å². The number of hydrogen-bond acceptors (Lipinski definition) is 5. The molecule has 0 radical (unpaired) electrons. The molecule has 0 unspecified atom stereocenters. The summed E-state index contributed by atoms with van der Waals surface area (Å²) in [4.78, 5) is 8.54. The van der Waals surface area contributed by atoms with E-state index in [9.17, 15) is 0 Å². The van der Waals surface area contributed by atoms with Gasteiger partial charge in [-0.15, -0.1) is 0 Å². The van der Waals surface area contributed by atoms with Crippen molar-refractivity contribution in [2.75, 3.05) is 18.2 Å². The first-order chi connectivity index (χ1) is 9.12. The molecule has 0 atom stereocenters. The van der Waals surface area contributed by atoms with Crippen LogP contribution >= 0.6 is 0 Å². The Morgan fingerprint density at radius 3 is 2.74 bits per heavy atom. The van der Waals surface area contributed by atoms with Gasteiger partial charge < -0.3 is 15.8 Å². The van der Waals surface area contributed by atoms with Gasteiger partial charge in [0.2, 0.25) is 0 Å². The molecule has 1 aromatic carbocycles. The van der Waals surface area contributed by atoms with E-state index in [1.165, 1.54) is 0 Å². The third kappa shape index (κ3) is 3.13. The first kappa shape index (κ1) is 13.1. The van der Waals surface area contributed by atoms with Crippen LogP contribution in [-0.4, -0.2) is 17.1 Å². The Kier molecular flexibility index (Phi) is 3.85. The van der Waals surface area contributed by atoms with E-state index in [1.807, 2.05) is 32.0 Å². The molecule has 0 bridgehead atoms. The molecule has 0 saturated heterocycles. The van der Waals surface area contributed by atoms with Crippen molar-refractivity contribution in [2.24, 2.45) is 0 Å². The summed E-state index contributed by atoms with van der Waals surface area (Å²) >= 11 is 0. The van der Waals surface area contributed by atoms with Crippen LogP contribution in [0.15, 0.2) is 24.3 Å². The van der Waals surface area contributed by atoms with E-state index < -0.39 is 0 Å². The smallest absolute Gasteiger partial charge is 0.142 e. The molecule has 0 spiro atoms. The number of nitrogen functional groups attached to an aromatic ring is 1. The molecule has 1 aromatic heterocycles. The number of rotatable bonds is 4. The lowest BCUT2D eigenvalue weighted by Crippen LogP contribution is -2.03. The minimum Gasteiger partial charge on any atom is -0.495 e. The highest BCUT2D eigenvalue weighted by molar-refractivity contribution is 5.66. The molecular formula is C14H18N4O. The van der Waals surface area contributed by atoms with Crippen molar-refractivity contribution in [3.8, 4) is 5.75 Å². The van der Waals surface area contributed by atoms with E-state index in [0.717, 1.165) is 23.4 Å². The van der Waals surface area contributed by atoms with Crippen LogP contribution in [0, 0.1) is 6.92 Å². The van der Waals surface area contributed by atoms with Gasteiger partial charge in [0.15, 0.2) is 0 Å². The highest BCUT2D eigenvalue weighted by atomic mass is 16.5. The number of nitrogens with zero attached hydrogens (tertiary/aromatic N) is 2. The summed E-state index contributed by atoms with van der Waals surface area (Å²) in [6.07, 6.45) is 0.741. The zero-order valence-electron chi connectivity index (χ0n) is 11.4. The molecule has 5 heteroatoms. The third-order valence-corrected chi connectivity index (χ3v) is 2.73. The summed E-state index contributed by atoms with van der Waals surface area (Å²) in [7, 11) is 1.64. The summed E-state index contributed by atoms with van der Waals surface area (Å²) in [5.41, 5.74) is 7.77. The topological polar surface area (TPSA) is 73.1 Å². The fourth-order valence-electron chi connectivity index (χ4n) is 1.80. The van der Waals surface area contributed by atoms with Crippen LogP contribution in [0.25, 0.3) is 0 Å². The van der Waals surface area contributed by atoms with Crippen LogP contribution in [0.5, 0.6) is 5.75 Å². The molecule has 0 aliphatic heterocycles. The number of aromatic nitrogens is 2. The number of ether oxygens (including phenoxy) is 1. The molecule has 0 aliphatic rings. The first-order valence-electron chi connectivity index (χ1n) is 6.17. The van der Waals surface area contributed by atoms with Crippen molar-refractivity contribution in [3.05, 3.63) is 35.7 Å². The maximum atomic E-state index is 5.77. The molecule has 0 saturated carbocycles. The number of anilines is 3. The van der Waals surface area contributed by atoms with E-state index in [1.54, 1.807) is 13.2 Å². The van der Waals surface area contributed by atoms with Gasteiger partial charge in [-0.1, -0.05) is 13.0 Å². The van der Waals surface area contributed by atoms with E-state index in [-0.39, 0.29) is 0 Å². The van der Waals surface area contributed by atoms with Crippen molar-refractivity contribution >= 4 is 17.3 Å². The lowest BCUT2D eigenvalue weighted by atomic mass is 10.2. The van der Waals surface area contributed by atoms with Crippen LogP contribution in [-0.2, 0) is 6.42 Å². The molecule has 0 amide bonds. The number of nitrogens with two attached hydrogens (primary N) is 1. The quantitative estimate of drug-likeness (QED) is 0.882. The predicted molar refractivity (Wildman–Crippen MR) is 76.8 cm³/mol. The molecule has 1 heterocycles. The van der Waals surface area contributed by atoms with Crippen LogP contribution in [0.3, 0.4) is 0 Å². The molecule has 19 heavy (non-hydrogen) atoms. The Bertz CT molecular complexity index is 584. The van der Waals surface area contributed by atoms with Crippen LogP contribution in [0.4, 0.5) is 17.3 Å². The number of methoxy groups -OCH3 is 1. The van der Waals surface area contributed by atoms with Gasteiger partial charge in [-0.05, 0) is 24.6 Å². The van der Waals surface area contributed by atoms with E-state index >= 15 is 0 Å². The summed E-state index contributed by atoms with van der Waals surface area (Å²) < 4.78 is 5.32. The van der Waals surface area contributed by atoms with Crippen LogP contribution in [0.1, 0.15) is 18.3 Å². The van der Waals surface area contributed by atoms with Gasteiger partial charge in [0, 0.05) is 12.5 Å². The van der Waals surface area contributed by atoms with Gasteiger partial charge in [-0.2, -0.15) is 0 Å². The largest absolute Gasteiger partial charge is 0.495 e. The highest BCUT2D eigenvalue weighted by Crippen LogP contribution is 2.28. The van der Waals surface area contributed by atoms with Gasteiger partial charge in [-0.25, -0.2) is 9.97 Å². The zero-order valence-corrected chi connectivity index (χ0v) is 11.4. The Morgan fingerprint density at radius 2 is 2.05 bits per heavy atom. The number of benzene rings is 1. The molecule has 3 N–H and O–H groups in total. The van der Waals surface area contributed by atoms with Crippen molar-refractivity contribution < 1.29 is 4.74 Å². The fraction of sp³-hybridized carbons (Fsp3) is 0.286. The Balaban J connectivity index is 2.35. The van der Waals surface area contributed by atoms with Crippen LogP contribution < -0.4 is 15.8 Å². The highest BCUT2D eigenvalue weighted by Gasteiger charge is 2.06. The zero-order chi connectivity index (χ0) is 13.8. The third-order valence-electron chi connectivity index (χ3n) is 2.73. The second-order valence-electron chi connectivity index (χ2n) is 4.28. The lowest BCUT2D eigenvalue weighted by molar-refractivity contribution is 0.416. The number of nitrogens with one attached hydrogen (secondary N) is 1. The van der Waals surface area contributed by atoms with Crippen molar-refractivity contribution in [2.45, 2.75) is 20.3 Å². The predicted octanol–water partition coefficient (Wildman–Crippen LogP) is 2.68. The van der Waals surface area contributed by atoms with Crippen molar-refractivity contribution in [1.82, 2.24) is 9.97 Å². The molecule has 0 fully saturated rings. The molecule has 2 aromatic rings. The summed E-state index contributed by atoms with van der Waals surface area (Å²) in [5.74, 6) is 2.61. The minimum absolute atomic E-state index is 0.459. The van der Waals surface area contributed by atoms with E-state index in [2.05, 4.69) is 15.3 Å². The normalized spacial score (nSPS) is 10.3. The first-order valence-corrected chi connectivity index (χ1v) is 6.17. The lowest BCUT2D eigenvalue weighted by Gasteiger charge is -2.12. The Labute approximate surface area is 112 Å². The SMILES string of the molecule is CCc1nc(N)cc(Nc2cc(C)ccc2OC)n1. The molecule has 0 aliphatic carbocycles. The van der Waals surface area contributed by atoms with Crippen molar-refractivity contribution in [1.29, 1.82) is 0 Å². The summed E-state index contributed by atoms with van der Waals surface area (Å²) in [5, 5.41) is 3.22. The van der Waals surface area contributed by atoms with Gasteiger partial charge in [0.1, 0.15) is 23.2 Å². The molecule has 100 valence electrons. The second kappa shape index (κ2) is 5.56. The fourth-order valence-corrected chi connectivity index (χ4v) is 1.80. The average molecular weight is 258 g/mol. The molecule has 5 nitrogen and oxygen atoms in total. The molecule has 2 rings (SSSR count). The van der Waals surface area contributed by atoms with Crippen molar-refractivity contribution in [3.63, 3.8) is 0 Å². The Hall–Kier alpha value is -2.30. The van der Waals surface area contributed by atoms with Gasteiger partial charge in [0.05, 0.1) is 12.8 Å². The standard InChI is InChI=1S/C14H18N4O/c1-4-13-17-12(15)8-14(18-13)16-10-7-9(2)5-6-11(10)19-3/h5-8H,4H2,1-3H3,(H3,15,16,17,18). The van der Waals surface area contributed by atoms with Gasteiger partial charge in [-0.3, -0.25) is 0 Å². The van der Waals surface area contributed by atoms with Crippen LogP contribution in [0.2, 0.25) is 0 Å². The van der Waals surface area contributed by atoms with Gasteiger partial charge >= 0.3 is 0 Å². The van der Waals surface area contributed by atoms with E-state index in [4.69, 9.17) is 10.5 Å². The summed E-state index contributed by atoms with van der Waals surface area (Å²) in [6, 6.07) is 7.63. The number of aryl methyl sites for hydroxylation is 2.